The molecule has 0 bridgehead atoms. The molecule has 59 heavy (non-hydrogen) atoms. The highest BCUT2D eigenvalue weighted by atomic mass is 35.5. The van der Waals surface area contributed by atoms with Gasteiger partial charge in [0.25, 0.3) is 0 Å². The van der Waals surface area contributed by atoms with Crippen molar-refractivity contribution < 1.29 is 29.4 Å². The Bertz CT molecular complexity index is 2370. The number of anilines is 2. The van der Waals surface area contributed by atoms with Crippen molar-refractivity contribution in [1.29, 1.82) is 0 Å². The van der Waals surface area contributed by atoms with Gasteiger partial charge < -0.3 is 10.2 Å². The molecular weight excluding hydrogens is 828 g/mol. The highest BCUT2D eigenvalue weighted by Gasteiger charge is 2.39. The maximum absolute atomic E-state index is 13.5. The molecule has 2 aromatic heterocycles. The monoisotopic (exact) mass is 868 g/mol. The van der Waals surface area contributed by atoms with Crippen molar-refractivity contribution in [3.8, 4) is 22.5 Å². The number of aliphatic carboxylic acids is 2. The second-order valence-electron chi connectivity index (χ2n) is 14.0. The minimum Gasteiger partial charge on any atom is -0.481 e. The van der Waals surface area contributed by atoms with Gasteiger partial charge in [-0.2, -0.15) is 0 Å². The van der Waals surface area contributed by atoms with Crippen molar-refractivity contribution in [2.75, 3.05) is 16.3 Å². The molecule has 0 unspecified atom stereocenters. The summed E-state index contributed by atoms with van der Waals surface area (Å²) in [6.45, 7) is 2.26. The van der Waals surface area contributed by atoms with Gasteiger partial charge in [0.15, 0.2) is 10.3 Å². The normalized spacial score (nSPS) is 13.1. The average Bonchev–Trinajstić information content (AvgIpc) is 3.73. The second-order valence-corrected chi connectivity index (χ2v) is 16.5. The van der Waals surface area contributed by atoms with Gasteiger partial charge in [0, 0.05) is 44.5 Å². The van der Waals surface area contributed by atoms with E-state index in [2.05, 4.69) is 9.97 Å². The lowest BCUT2D eigenvalue weighted by atomic mass is 9.94. The molecule has 7 rings (SSSR count). The number of carboxylic acid groups (broad SMARTS) is 2. The summed E-state index contributed by atoms with van der Waals surface area (Å²) in [4.78, 5) is 62.1. The number of aromatic nitrogens is 2. The maximum Gasteiger partial charge on any atom is 0.304 e. The van der Waals surface area contributed by atoms with Crippen LogP contribution in [0.2, 0.25) is 10.0 Å². The van der Waals surface area contributed by atoms with Crippen molar-refractivity contribution in [2.24, 2.45) is 11.8 Å². The Hall–Kier alpha value is -5.40. The molecule has 0 saturated heterocycles. The van der Waals surface area contributed by atoms with Gasteiger partial charge in [0.05, 0.1) is 36.1 Å². The number of halogens is 2. The third-order valence-electron chi connectivity index (χ3n) is 9.64. The first kappa shape index (κ1) is 43.2. The molecule has 2 heterocycles. The van der Waals surface area contributed by atoms with Crippen LogP contribution in [0.4, 0.5) is 10.3 Å². The molecule has 4 aromatic carbocycles. The Morgan fingerprint density at radius 3 is 1.51 bits per heavy atom. The number of hydrogen-bond donors (Lipinski definition) is 2. The van der Waals surface area contributed by atoms with E-state index in [1.54, 1.807) is 15.9 Å². The first-order valence-corrected chi connectivity index (χ1v) is 21.6. The zero-order chi connectivity index (χ0) is 41.9. The molecule has 1 aliphatic carbocycles. The van der Waals surface area contributed by atoms with Crippen LogP contribution >= 0.6 is 45.9 Å². The van der Waals surface area contributed by atoms with Crippen LogP contribution in [0.25, 0.3) is 22.5 Å². The minimum atomic E-state index is -0.994. The highest BCUT2D eigenvalue weighted by molar-refractivity contribution is 7.14. The Kier molecular flexibility index (Phi) is 15.0. The quantitative estimate of drug-likeness (QED) is 0.0980. The molecule has 2 amide bonds. The number of amides is 2. The first-order chi connectivity index (χ1) is 28.5. The largest absolute Gasteiger partial charge is 0.481 e. The Labute approximate surface area is 360 Å². The van der Waals surface area contributed by atoms with Crippen LogP contribution in [0, 0.1) is 11.8 Å². The molecule has 0 aliphatic heterocycles. The number of carbonyl (C=O) groups is 4. The maximum atomic E-state index is 13.5. The molecule has 14 heteroatoms. The number of thiazole rings is 2. The van der Waals surface area contributed by atoms with Crippen LogP contribution in [-0.4, -0.2) is 56.5 Å². The molecule has 2 atom stereocenters. The number of carbonyl (C=O) groups excluding carboxylic acids is 2. The summed E-state index contributed by atoms with van der Waals surface area (Å²) >= 11 is 15.3. The van der Waals surface area contributed by atoms with Crippen LogP contribution in [0.15, 0.2) is 120 Å². The van der Waals surface area contributed by atoms with Gasteiger partial charge in [0.1, 0.15) is 0 Å². The van der Waals surface area contributed by atoms with Gasteiger partial charge in [-0.15, -0.1) is 22.7 Å². The summed E-state index contributed by atoms with van der Waals surface area (Å²) in [5, 5.41) is 24.8. The average molecular weight is 870 g/mol. The standard InChI is InChI=1S/C23H21ClN2O3S.C22H21ClN2O3S/c24-19-9-5-4-8-18(19)20-14-30-23(25-20)26(17-10-11-17)22(29)16(13-21(27)28)12-15-6-2-1-3-7-15;1-2-25(22-24-19(14-29-22)17-10-6-7-11-18(17)23)21(28)16(13-20(26)27)12-15-8-4-3-5-9-15/h1-9,14,16-17H,10-13H2,(H,27,28);3-11,14,16H,2,12-13H2,1H3,(H,26,27)/t2*16-/m11/s1. The lowest BCUT2D eigenvalue weighted by molar-refractivity contribution is -0.141. The van der Waals surface area contributed by atoms with Crippen LogP contribution in [0.1, 0.15) is 43.7 Å². The fourth-order valence-corrected chi connectivity index (χ4v) is 8.89. The smallest absolute Gasteiger partial charge is 0.304 e. The summed E-state index contributed by atoms with van der Waals surface area (Å²) in [5.74, 6) is -3.69. The zero-order valence-corrected chi connectivity index (χ0v) is 35.3. The summed E-state index contributed by atoms with van der Waals surface area (Å²) in [6.07, 6.45) is 2.12. The van der Waals surface area contributed by atoms with E-state index in [4.69, 9.17) is 23.2 Å². The molecule has 1 aliphatic rings. The summed E-state index contributed by atoms with van der Waals surface area (Å²) in [5.41, 5.74) is 4.90. The topological polar surface area (TPSA) is 141 Å². The van der Waals surface area contributed by atoms with Gasteiger partial charge in [-0.3, -0.25) is 29.0 Å². The minimum absolute atomic E-state index is 0.0785. The predicted molar refractivity (Wildman–Crippen MR) is 235 cm³/mol. The van der Waals surface area contributed by atoms with Crippen molar-refractivity contribution in [3.05, 3.63) is 141 Å². The lowest BCUT2D eigenvalue weighted by Gasteiger charge is -2.24. The first-order valence-electron chi connectivity index (χ1n) is 19.1. The van der Waals surface area contributed by atoms with Gasteiger partial charge in [-0.25, -0.2) is 9.97 Å². The molecule has 1 fully saturated rings. The molecular formula is C45H42Cl2N4O6S2. The fourth-order valence-electron chi connectivity index (χ4n) is 6.63. The highest BCUT2D eigenvalue weighted by Crippen LogP contribution is 2.39. The number of carboxylic acids is 2. The third kappa shape index (κ3) is 11.6. The van der Waals surface area contributed by atoms with E-state index in [1.807, 2.05) is 121 Å². The summed E-state index contributed by atoms with van der Waals surface area (Å²) in [6, 6.07) is 33.9. The third-order valence-corrected chi connectivity index (χ3v) is 12.0. The molecule has 0 radical (unpaired) electrons. The molecule has 10 nitrogen and oxygen atoms in total. The molecule has 0 spiro atoms. The fraction of sp³-hybridized carbons (Fsp3) is 0.244. The van der Waals surface area contributed by atoms with Gasteiger partial charge in [0.2, 0.25) is 11.8 Å². The zero-order valence-electron chi connectivity index (χ0n) is 32.1. The van der Waals surface area contributed by atoms with Crippen LogP contribution in [0.5, 0.6) is 0 Å². The van der Waals surface area contributed by atoms with Crippen molar-refractivity contribution in [2.45, 2.75) is 51.5 Å². The summed E-state index contributed by atoms with van der Waals surface area (Å²) in [7, 11) is 0. The number of benzene rings is 4. The van der Waals surface area contributed by atoms with E-state index >= 15 is 0 Å². The van der Waals surface area contributed by atoms with Gasteiger partial charge >= 0.3 is 11.9 Å². The van der Waals surface area contributed by atoms with E-state index in [0.29, 0.717) is 45.4 Å². The molecule has 2 N–H and O–H groups in total. The molecule has 6 aromatic rings. The van der Waals surface area contributed by atoms with Crippen LogP contribution in [0.3, 0.4) is 0 Å². The predicted octanol–water partition coefficient (Wildman–Crippen LogP) is 10.4. The number of rotatable bonds is 16. The van der Waals surface area contributed by atoms with Crippen LogP contribution < -0.4 is 9.80 Å². The van der Waals surface area contributed by atoms with E-state index < -0.39 is 23.8 Å². The molecule has 304 valence electrons. The van der Waals surface area contributed by atoms with E-state index in [9.17, 15) is 29.4 Å². The van der Waals surface area contributed by atoms with Gasteiger partial charge in [-0.05, 0) is 55.9 Å². The van der Waals surface area contributed by atoms with E-state index in [1.165, 1.54) is 22.7 Å². The van der Waals surface area contributed by atoms with Gasteiger partial charge in [-0.1, -0.05) is 120 Å². The Morgan fingerprint density at radius 1 is 0.644 bits per heavy atom. The number of nitrogens with zero attached hydrogens (tertiary/aromatic N) is 4. The Morgan fingerprint density at radius 2 is 1.07 bits per heavy atom. The SMILES string of the molecule is CCN(C(=O)[C@@H](CC(=O)O)Cc1ccccc1)c1nc(-c2ccccc2Cl)cs1.O=C(O)C[C@@H](Cc1ccccc1)C(=O)N(c1nc(-c2ccccc2Cl)cs1)C1CC1. The molecule has 1 saturated carbocycles. The van der Waals surface area contributed by atoms with Crippen LogP contribution in [-0.2, 0) is 32.0 Å². The Balaban J connectivity index is 0.000000199. The van der Waals surface area contributed by atoms with E-state index in [0.717, 1.165) is 40.8 Å². The lowest BCUT2D eigenvalue weighted by Crippen LogP contribution is -2.39. The second kappa shape index (κ2) is 20.5. The van der Waals surface area contributed by atoms with E-state index in [-0.39, 0.29) is 30.7 Å². The summed E-state index contributed by atoms with van der Waals surface area (Å²) < 4.78 is 0. The van der Waals surface area contributed by atoms with Crippen molar-refractivity contribution in [3.63, 3.8) is 0 Å². The number of hydrogen-bond acceptors (Lipinski definition) is 8. The van der Waals surface area contributed by atoms with Crippen molar-refractivity contribution in [1.82, 2.24) is 9.97 Å². The van der Waals surface area contributed by atoms with Crippen molar-refractivity contribution >= 4 is 79.9 Å².